The molecule has 9 heteroatoms. The van der Waals surface area contributed by atoms with Crippen LogP contribution < -0.4 is 0 Å². The van der Waals surface area contributed by atoms with Crippen molar-refractivity contribution in [2.75, 3.05) is 0 Å². The lowest BCUT2D eigenvalue weighted by atomic mass is 10.2. The standard InChI is InChI=1S/C12H6O9/c13-9(14)5-1-3-19-7(5)11(17)21-12(18)8-6(10(15)16)2-4-20-8/h1-4H,(H,13,14)(H,15,16). The highest BCUT2D eigenvalue weighted by atomic mass is 16.6. The molecule has 2 heterocycles. The maximum atomic E-state index is 11.6. The first-order valence-electron chi connectivity index (χ1n) is 5.30. The Morgan fingerprint density at radius 1 is 0.810 bits per heavy atom. The molecule has 0 fully saturated rings. The van der Waals surface area contributed by atoms with Gasteiger partial charge in [0.05, 0.1) is 12.5 Å². The second kappa shape index (κ2) is 5.33. The van der Waals surface area contributed by atoms with E-state index < -0.39 is 46.5 Å². The van der Waals surface area contributed by atoms with E-state index in [1.54, 1.807) is 0 Å². The van der Waals surface area contributed by atoms with Crippen LogP contribution in [0.5, 0.6) is 0 Å². The molecule has 0 atom stereocenters. The Morgan fingerprint density at radius 2 is 1.19 bits per heavy atom. The van der Waals surface area contributed by atoms with Crippen molar-refractivity contribution in [1.29, 1.82) is 0 Å². The van der Waals surface area contributed by atoms with Gasteiger partial charge < -0.3 is 23.8 Å². The SMILES string of the molecule is O=C(O)c1ccoc1C(=O)OC(=O)c1occc1C(=O)O. The van der Waals surface area contributed by atoms with Crippen molar-refractivity contribution in [3.8, 4) is 0 Å². The maximum absolute atomic E-state index is 11.6. The summed E-state index contributed by atoms with van der Waals surface area (Å²) >= 11 is 0. The summed E-state index contributed by atoms with van der Waals surface area (Å²) in [5.74, 6) is -7.05. The molecule has 2 aromatic rings. The van der Waals surface area contributed by atoms with Crippen LogP contribution in [0.15, 0.2) is 33.5 Å². The average molecular weight is 294 g/mol. The maximum Gasteiger partial charge on any atom is 0.383 e. The van der Waals surface area contributed by atoms with Gasteiger partial charge in [0.1, 0.15) is 11.1 Å². The first-order valence-corrected chi connectivity index (χ1v) is 5.30. The third kappa shape index (κ3) is 2.66. The van der Waals surface area contributed by atoms with Gasteiger partial charge in [0.25, 0.3) is 0 Å². The van der Waals surface area contributed by atoms with Crippen molar-refractivity contribution in [1.82, 2.24) is 0 Å². The summed E-state index contributed by atoms with van der Waals surface area (Å²) in [5.41, 5.74) is -0.989. The van der Waals surface area contributed by atoms with Gasteiger partial charge >= 0.3 is 23.9 Å². The smallest absolute Gasteiger partial charge is 0.383 e. The minimum absolute atomic E-state index is 0.495. The van der Waals surface area contributed by atoms with Crippen LogP contribution >= 0.6 is 0 Å². The molecule has 108 valence electrons. The number of furan rings is 2. The predicted octanol–water partition coefficient (Wildman–Crippen LogP) is 1.27. The van der Waals surface area contributed by atoms with Gasteiger partial charge in [-0.05, 0) is 12.1 Å². The van der Waals surface area contributed by atoms with Crippen LogP contribution in [0.2, 0.25) is 0 Å². The Balaban J connectivity index is 2.21. The summed E-state index contributed by atoms with van der Waals surface area (Å²) in [6.07, 6.45) is 1.86. The first-order chi connectivity index (χ1) is 9.91. The van der Waals surface area contributed by atoms with Gasteiger partial charge in [-0.15, -0.1) is 0 Å². The third-order valence-electron chi connectivity index (χ3n) is 2.35. The fraction of sp³-hybridized carbons (Fsp3) is 0. The van der Waals surface area contributed by atoms with Crippen LogP contribution in [0, 0.1) is 0 Å². The summed E-state index contributed by atoms with van der Waals surface area (Å²) in [7, 11) is 0. The summed E-state index contributed by atoms with van der Waals surface area (Å²) in [6.45, 7) is 0. The van der Waals surface area contributed by atoms with Crippen molar-refractivity contribution in [2.24, 2.45) is 0 Å². The van der Waals surface area contributed by atoms with Crippen molar-refractivity contribution in [2.45, 2.75) is 0 Å². The molecule has 0 amide bonds. The van der Waals surface area contributed by atoms with Gasteiger partial charge in [-0.2, -0.15) is 0 Å². The van der Waals surface area contributed by atoms with Crippen molar-refractivity contribution in [3.63, 3.8) is 0 Å². The highest BCUT2D eigenvalue weighted by Crippen LogP contribution is 2.16. The van der Waals surface area contributed by atoms with Crippen LogP contribution in [-0.2, 0) is 4.74 Å². The van der Waals surface area contributed by atoms with Gasteiger partial charge in [-0.1, -0.05) is 0 Å². The fourth-order valence-electron chi connectivity index (χ4n) is 1.45. The number of carbonyl (C=O) groups is 4. The van der Waals surface area contributed by atoms with Crippen molar-refractivity contribution in [3.05, 3.63) is 47.3 Å². The summed E-state index contributed by atoms with van der Waals surface area (Å²) in [4.78, 5) is 44.8. The molecule has 0 spiro atoms. The van der Waals surface area contributed by atoms with E-state index >= 15 is 0 Å². The largest absolute Gasteiger partial charge is 0.478 e. The number of carboxylic acids is 2. The average Bonchev–Trinajstić information content (AvgIpc) is 3.07. The zero-order valence-corrected chi connectivity index (χ0v) is 10.1. The second-order valence-corrected chi connectivity index (χ2v) is 3.61. The molecule has 0 saturated carbocycles. The van der Waals surface area contributed by atoms with E-state index in [1.807, 2.05) is 0 Å². The van der Waals surface area contributed by atoms with Crippen LogP contribution in [-0.4, -0.2) is 34.1 Å². The molecule has 0 aliphatic carbocycles. The van der Waals surface area contributed by atoms with E-state index in [0.717, 1.165) is 24.7 Å². The molecule has 0 aliphatic rings. The predicted molar refractivity (Wildman–Crippen MR) is 61.1 cm³/mol. The Morgan fingerprint density at radius 3 is 1.52 bits per heavy atom. The van der Waals surface area contributed by atoms with Crippen molar-refractivity contribution >= 4 is 23.9 Å². The van der Waals surface area contributed by atoms with Crippen LogP contribution in [0.3, 0.4) is 0 Å². The van der Waals surface area contributed by atoms with Gasteiger partial charge in [-0.25, -0.2) is 19.2 Å². The van der Waals surface area contributed by atoms with Gasteiger partial charge in [0, 0.05) is 0 Å². The first kappa shape index (κ1) is 14.1. The molecule has 2 N–H and O–H groups in total. The highest BCUT2D eigenvalue weighted by Gasteiger charge is 2.28. The number of carbonyl (C=O) groups excluding carboxylic acids is 2. The second-order valence-electron chi connectivity index (χ2n) is 3.61. The monoisotopic (exact) mass is 294 g/mol. The normalized spacial score (nSPS) is 10.1. The molecule has 0 radical (unpaired) electrons. The summed E-state index contributed by atoms with van der Waals surface area (Å²) in [5, 5.41) is 17.6. The number of hydrogen-bond acceptors (Lipinski definition) is 7. The van der Waals surface area contributed by atoms with Gasteiger partial charge in [0.15, 0.2) is 0 Å². The third-order valence-corrected chi connectivity index (χ3v) is 2.35. The van der Waals surface area contributed by atoms with E-state index in [2.05, 4.69) is 13.6 Å². The number of esters is 2. The van der Waals surface area contributed by atoms with Crippen LogP contribution in [0.1, 0.15) is 41.8 Å². The Hall–Kier alpha value is -3.36. The molecular weight excluding hydrogens is 288 g/mol. The number of hydrogen-bond donors (Lipinski definition) is 2. The highest BCUT2D eigenvalue weighted by molar-refractivity contribution is 6.08. The zero-order valence-electron chi connectivity index (χ0n) is 10.1. The molecule has 0 saturated heterocycles. The fourth-order valence-corrected chi connectivity index (χ4v) is 1.45. The topological polar surface area (TPSA) is 144 Å². The molecule has 0 aliphatic heterocycles. The molecule has 21 heavy (non-hydrogen) atoms. The lowest BCUT2D eigenvalue weighted by Gasteiger charge is -2.00. The zero-order chi connectivity index (χ0) is 15.6. The summed E-state index contributed by atoms with van der Waals surface area (Å²) < 4.78 is 13.6. The van der Waals surface area contributed by atoms with E-state index in [1.165, 1.54) is 0 Å². The quantitative estimate of drug-likeness (QED) is 0.628. The Bertz CT molecular complexity index is 671. The molecule has 0 unspecified atom stereocenters. The van der Waals surface area contributed by atoms with Crippen LogP contribution in [0.4, 0.5) is 0 Å². The molecule has 2 aromatic heterocycles. The van der Waals surface area contributed by atoms with E-state index in [4.69, 9.17) is 10.2 Å². The van der Waals surface area contributed by atoms with Gasteiger partial charge in [-0.3, -0.25) is 0 Å². The van der Waals surface area contributed by atoms with Crippen LogP contribution in [0.25, 0.3) is 0 Å². The number of aromatic carboxylic acids is 2. The molecule has 9 nitrogen and oxygen atoms in total. The minimum atomic E-state index is -1.45. The lowest BCUT2D eigenvalue weighted by Crippen LogP contribution is -2.16. The number of rotatable bonds is 4. The van der Waals surface area contributed by atoms with E-state index in [9.17, 15) is 19.2 Å². The minimum Gasteiger partial charge on any atom is -0.478 e. The molecular formula is C12H6O9. The van der Waals surface area contributed by atoms with Gasteiger partial charge in [0.2, 0.25) is 11.5 Å². The summed E-state index contributed by atoms with van der Waals surface area (Å²) in [6, 6.07) is 2.00. The lowest BCUT2D eigenvalue weighted by molar-refractivity contribution is 0.0342. The molecule has 2 rings (SSSR count). The van der Waals surface area contributed by atoms with Crippen molar-refractivity contribution < 1.29 is 43.0 Å². The molecule has 0 bridgehead atoms. The van der Waals surface area contributed by atoms with E-state index in [0.29, 0.717) is 0 Å². The Labute approximate surface area is 115 Å². The Kier molecular flexibility index (Phi) is 3.57. The van der Waals surface area contributed by atoms with E-state index in [-0.39, 0.29) is 0 Å². The molecule has 0 aromatic carbocycles. The number of ether oxygens (including phenoxy) is 1. The number of carboxylic acid groups (broad SMARTS) is 2.